The topological polar surface area (TPSA) is 71.2 Å². The Morgan fingerprint density at radius 1 is 1.31 bits per heavy atom. The van der Waals surface area contributed by atoms with E-state index in [2.05, 4.69) is 32.3 Å². The number of pyridine rings is 1. The van der Waals surface area contributed by atoms with Crippen molar-refractivity contribution in [1.82, 2.24) is 34.8 Å². The van der Waals surface area contributed by atoms with Crippen LogP contribution in [0.4, 0.5) is 4.39 Å². The van der Waals surface area contributed by atoms with Gasteiger partial charge in [-0.05, 0) is 25.5 Å². The molecule has 1 unspecified atom stereocenters. The fourth-order valence-electron chi connectivity index (χ4n) is 3.25. The number of aromatic nitrogens is 5. The molecule has 0 aliphatic carbocycles. The van der Waals surface area contributed by atoms with Gasteiger partial charge in [0.2, 0.25) is 0 Å². The predicted octanol–water partition coefficient (Wildman–Crippen LogP) is 2.49. The van der Waals surface area contributed by atoms with Gasteiger partial charge in [0.25, 0.3) is 0 Å². The predicted molar refractivity (Wildman–Crippen MR) is 94.3 cm³/mol. The minimum Gasteiger partial charge on any atom is -0.365 e. The Morgan fingerprint density at radius 2 is 2.19 bits per heavy atom. The van der Waals surface area contributed by atoms with Crippen LogP contribution >= 0.6 is 0 Å². The molecule has 8 heteroatoms. The Labute approximate surface area is 150 Å². The van der Waals surface area contributed by atoms with Gasteiger partial charge in [-0.3, -0.25) is 4.98 Å². The van der Waals surface area contributed by atoms with Gasteiger partial charge < -0.3 is 10.2 Å². The quantitative estimate of drug-likeness (QED) is 0.760. The molecule has 1 N–H and O–H groups in total. The number of rotatable bonds is 5. The average molecular weight is 353 g/mol. The van der Waals surface area contributed by atoms with Gasteiger partial charge >= 0.3 is 0 Å². The second kappa shape index (κ2) is 6.70. The molecule has 1 atom stereocenters. The van der Waals surface area contributed by atoms with Crippen LogP contribution < -0.4 is 5.32 Å². The highest BCUT2D eigenvalue weighted by atomic mass is 19.1. The molecule has 0 amide bonds. The Bertz CT molecular complexity index is 965. The number of hydrogen-bond donors (Lipinski definition) is 1. The zero-order chi connectivity index (χ0) is 18.1. The standard InChI is InChI=1S/C18H20FN7/c1-3-5-13-15(22-11-26-17(13)23-12(2)24-26)10-25-9-8-21-18(25)16-14(19)6-4-7-20-16/h4,6-9,11,18,21H,3,5,10H2,1-2H3. The van der Waals surface area contributed by atoms with Crippen LogP contribution in [0.2, 0.25) is 0 Å². The lowest BCUT2D eigenvalue weighted by atomic mass is 10.1. The molecule has 3 aromatic heterocycles. The average Bonchev–Trinajstić information content (AvgIpc) is 3.23. The Hall–Kier alpha value is -3.03. The maximum Gasteiger partial charge on any atom is 0.162 e. The molecule has 0 fully saturated rings. The molecule has 0 saturated heterocycles. The van der Waals surface area contributed by atoms with Gasteiger partial charge in [-0.1, -0.05) is 13.3 Å². The van der Waals surface area contributed by atoms with Crippen LogP contribution in [-0.4, -0.2) is 29.5 Å². The van der Waals surface area contributed by atoms with Gasteiger partial charge in [-0.15, -0.1) is 0 Å². The lowest BCUT2D eigenvalue weighted by Gasteiger charge is -2.25. The fraction of sp³-hybridized carbons (Fsp3) is 0.333. The summed E-state index contributed by atoms with van der Waals surface area (Å²) in [7, 11) is 0. The van der Waals surface area contributed by atoms with Crippen molar-refractivity contribution in [1.29, 1.82) is 0 Å². The van der Waals surface area contributed by atoms with Crippen LogP contribution in [0.25, 0.3) is 5.65 Å². The van der Waals surface area contributed by atoms with Crippen LogP contribution in [0.1, 0.15) is 42.3 Å². The van der Waals surface area contributed by atoms with Crippen molar-refractivity contribution in [2.45, 2.75) is 39.4 Å². The smallest absolute Gasteiger partial charge is 0.162 e. The molecule has 0 aromatic carbocycles. The Morgan fingerprint density at radius 3 is 3.00 bits per heavy atom. The lowest BCUT2D eigenvalue weighted by molar-refractivity contribution is 0.260. The second-order valence-electron chi connectivity index (χ2n) is 6.27. The largest absolute Gasteiger partial charge is 0.365 e. The van der Waals surface area contributed by atoms with Crippen molar-refractivity contribution < 1.29 is 4.39 Å². The van der Waals surface area contributed by atoms with E-state index in [0.717, 1.165) is 35.6 Å². The number of hydrogen-bond acceptors (Lipinski definition) is 6. The van der Waals surface area contributed by atoms with Gasteiger partial charge in [-0.25, -0.2) is 18.9 Å². The molecule has 1 aliphatic heterocycles. The fourth-order valence-corrected chi connectivity index (χ4v) is 3.25. The van der Waals surface area contributed by atoms with Crippen molar-refractivity contribution in [3.8, 4) is 0 Å². The van der Waals surface area contributed by atoms with E-state index in [-0.39, 0.29) is 12.0 Å². The third-order valence-electron chi connectivity index (χ3n) is 4.41. The van der Waals surface area contributed by atoms with E-state index in [1.165, 1.54) is 6.07 Å². The van der Waals surface area contributed by atoms with Gasteiger partial charge in [0.15, 0.2) is 5.65 Å². The van der Waals surface area contributed by atoms with Crippen LogP contribution in [0.3, 0.4) is 0 Å². The van der Waals surface area contributed by atoms with Gasteiger partial charge in [0, 0.05) is 24.2 Å². The number of aryl methyl sites for hydroxylation is 2. The molecule has 0 spiro atoms. The molecule has 0 bridgehead atoms. The van der Waals surface area contributed by atoms with E-state index in [0.29, 0.717) is 12.2 Å². The van der Waals surface area contributed by atoms with Crippen LogP contribution in [0, 0.1) is 12.7 Å². The first-order chi connectivity index (χ1) is 12.7. The van der Waals surface area contributed by atoms with Crippen molar-refractivity contribution in [3.05, 3.63) is 65.6 Å². The normalized spacial score (nSPS) is 16.4. The SMILES string of the molecule is CCCc1c(CN2C=CNC2c2ncccc2F)ncn2nc(C)nc12. The molecule has 0 saturated carbocycles. The van der Waals surface area contributed by atoms with Crippen molar-refractivity contribution >= 4 is 5.65 Å². The minimum absolute atomic E-state index is 0.330. The van der Waals surface area contributed by atoms with E-state index >= 15 is 0 Å². The highest BCUT2D eigenvalue weighted by Gasteiger charge is 2.26. The van der Waals surface area contributed by atoms with E-state index in [1.54, 1.807) is 29.3 Å². The Kier molecular flexibility index (Phi) is 4.24. The van der Waals surface area contributed by atoms with Crippen molar-refractivity contribution in [3.63, 3.8) is 0 Å². The zero-order valence-corrected chi connectivity index (χ0v) is 14.7. The van der Waals surface area contributed by atoms with Crippen molar-refractivity contribution in [2.75, 3.05) is 0 Å². The molecule has 3 aromatic rings. The lowest BCUT2D eigenvalue weighted by Crippen LogP contribution is -2.29. The molecular formula is C18H20FN7. The molecule has 26 heavy (non-hydrogen) atoms. The maximum atomic E-state index is 14.2. The number of nitrogens with one attached hydrogen (secondary N) is 1. The van der Waals surface area contributed by atoms with E-state index in [9.17, 15) is 4.39 Å². The van der Waals surface area contributed by atoms with Crippen LogP contribution in [0.5, 0.6) is 0 Å². The minimum atomic E-state index is -0.358. The molecule has 4 heterocycles. The van der Waals surface area contributed by atoms with E-state index in [4.69, 9.17) is 0 Å². The van der Waals surface area contributed by atoms with Crippen LogP contribution in [-0.2, 0) is 13.0 Å². The summed E-state index contributed by atoms with van der Waals surface area (Å²) in [4.78, 5) is 15.3. The first-order valence-corrected chi connectivity index (χ1v) is 8.66. The molecular weight excluding hydrogens is 333 g/mol. The highest BCUT2D eigenvalue weighted by molar-refractivity contribution is 5.49. The first kappa shape index (κ1) is 16.4. The third-order valence-corrected chi connectivity index (χ3v) is 4.41. The molecule has 4 rings (SSSR count). The van der Waals surface area contributed by atoms with Crippen molar-refractivity contribution in [2.24, 2.45) is 0 Å². The molecule has 7 nitrogen and oxygen atoms in total. The zero-order valence-electron chi connectivity index (χ0n) is 14.7. The van der Waals surface area contributed by atoms with E-state index in [1.807, 2.05) is 18.0 Å². The van der Waals surface area contributed by atoms with Gasteiger partial charge in [-0.2, -0.15) is 5.10 Å². The second-order valence-corrected chi connectivity index (χ2v) is 6.27. The summed E-state index contributed by atoms with van der Waals surface area (Å²) < 4.78 is 15.9. The van der Waals surface area contributed by atoms with E-state index < -0.39 is 0 Å². The van der Waals surface area contributed by atoms with Crippen LogP contribution in [0.15, 0.2) is 37.1 Å². The monoisotopic (exact) mass is 353 g/mol. The Balaban J connectivity index is 1.69. The molecule has 134 valence electrons. The summed E-state index contributed by atoms with van der Waals surface area (Å²) in [6.07, 6.45) is 8.47. The van der Waals surface area contributed by atoms with Gasteiger partial charge in [0.1, 0.15) is 29.8 Å². The summed E-state index contributed by atoms with van der Waals surface area (Å²) in [5.74, 6) is 0.390. The highest BCUT2D eigenvalue weighted by Crippen LogP contribution is 2.26. The number of fused-ring (bicyclic) bond motifs is 1. The summed E-state index contributed by atoms with van der Waals surface area (Å²) >= 11 is 0. The summed E-state index contributed by atoms with van der Waals surface area (Å²) in [6, 6.07) is 3.01. The summed E-state index contributed by atoms with van der Waals surface area (Å²) in [5, 5.41) is 7.51. The number of halogens is 1. The first-order valence-electron chi connectivity index (χ1n) is 8.66. The van der Waals surface area contributed by atoms with Gasteiger partial charge in [0.05, 0.1) is 12.2 Å². The summed E-state index contributed by atoms with van der Waals surface area (Å²) in [5.41, 5.74) is 3.21. The number of nitrogens with zero attached hydrogens (tertiary/aromatic N) is 6. The third kappa shape index (κ3) is 2.87. The molecule has 1 aliphatic rings. The summed E-state index contributed by atoms with van der Waals surface area (Å²) in [6.45, 7) is 4.53. The molecule has 0 radical (unpaired) electrons. The maximum absolute atomic E-state index is 14.2.